The van der Waals surface area contributed by atoms with Gasteiger partial charge in [0.2, 0.25) is 0 Å². The molecule has 1 amide bonds. The average molecular weight is 363 g/mol. The zero-order valence-electron chi connectivity index (χ0n) is 14.9. The van der Waals surface area contributed by atoms with Gasteiger partial charge in [-0.25, -0.2) is 0 Å². The molecular weight excluding hydrogens is 336 g/mol. The Bertz CT molecular complexity index is 703. The van der Waals surface area contributed by atoms with E-state index in [1.807, 2.05) is 35.9 Å². The number of carbonyl (C=O) groups is 1. The van der Waals surface area contributed by atoms with Crippen LogP contribution in [0.3, 0.4) is 0 Å². The van der Waals surface area contributed by atoms with Crippen molar-refractivity contribution in [3.05, 3.63) is 52.8 Å². The standard InChI is InChI=1S/C19H26N4O.ClH/c1-13-11-14(2)23(22-13)12-15-3-5-16(6-4-15)19(24)21-18-9-7-17(20)8-10-18;/h3-6,11,17-18H,7-10,12,20H2,1-2H3,(H,21,24);1H. The molecule has 0 unspecified atom stereocenters. The van der Waals surface area contributed by atoms with E-state index in [2.05, 4.69) is 23.4 Å². The summed E-state index contributed by atoms with van der Waals surface area (Å²) in [6.07, 6.45) is 3.94. The van der Waals surface area contributed by atoms with Gasteiger partial charge in [-0.3, -0.25) is 9.48 Å². The lowest BCUT2D eigenvalue weighted by Crippen LogP contribution is -2.40. The van der Waals surface area contributed by atoms with Crippen LogP contribution in [0.15, 0.2) is 30.3 Å². The van der Waals surface area contributed by atoms with Crippen molar-refractivity contribution in [2.45, 2.75) is 58.2 Å². The Hall–Kier alpha value is -1.85. The van der Waals surface area contributed by atoms with E-state index in [4.69, 9.17) is 5.73 Å². The van der Waals surface area contributed by atoms with Crippen LogP contribution in [0.1, 0.15) is 53.0 Å². The van der Waals surface area contributed by atoms with Gasteiger partial charge in [-0.2, -0.15) is 5.10 Å². The number of nitrogens with one attached hydrogen (secondary N) is 1. The van der Waals surface area contributed by atoms with Gasteiger partial charge in [0.05, 0.1) is 12.2 Å². The number of rotatable bonds is 4. The molecule has 2 aromatic rings. The highest BCUT2D eigenvalue weighted by molar-refractivity contribution is 5.94. The number of halogens is 1. The van der Waals surface area contributed by atoms with Crippen LogP contribution in [0.25, 0.3) is 0 Å². The summed E-state index contributed by atoms with van der Waals surface area (Å²) in [5.41, 5.74) is 9.93. The Balaban J connectivity index is 0.00000225. The van der Waals surface area contributed by atoms with Gasteiger partial charge >= 0.3 is 0 Å². The molecule has 25 heavy (non-hydrogen) atoms. The van der Waals surface area contributed by atoms with Crippen molar-refractivity contribution in [1.29, 1.82) is 0 Å². The number of amides is 1. The van der Waals surface area contributed by atoms with Gasteiger partial charge in [0.1, 0.15) is 0 Å². The van der Waals surface area contributed by atoms with E-state index < -0.39 is 0 Å². The minimum Gasteiger partial charge on any atom is -0.349 e. The maximum Gasteiger partial charge on any atom is 0.251 e. The number of aromatic nitrogens is 2. The Morgan fingerprint density at radius 3 is 2.40 bits per heavy atom. The molecular formula is C19H27ClN4O. The van der Waals surface area contributed by atoms with Crippen LogP contribution in [-0.4, -0.2) is 27.8 Å². The minimum atomic E-state index is 0. The molecule has 0 saturated heterocycles. The Kier molecular flexibility index (Phi) is 6.62. The van der Waals surface area contributed by atoms with Crippen molar-refractivity contribution in [3.63, 3.8) is 0 Å². The molecule has 0 radical (unpaired) electrons. The van der Waals surface area contributed by atoms with E-state index in [-0.39, 0.29) is 24.4 Å². The van der Waals surface area contributed by atoms with Gasteiger partial charge in [-0.1, -0.05) is 12.1 Å². The SMILES string of the molecule is Cc1cc(C)n(Cc2ccc(C(=O)NC3CCC(N)CC3)cc2)n1.Cl. The normalized spacial score (nSPS) is 20.0. The molecule has 1 aromatic heterocycles. The molecule has 1 aliphatic rings. The van der Waals surface area contributed by atoms with Crippen LogP contribution in [0.4, 0.5) is 0 Å². The maximum absolute atomic E-state index is 12.4. The van der Waals surface area contributed by atoms with Crippen LogP contribution in [0, 0.1) is 13.8 Å². The number of hydrogen-bond donors (Lipinski definition) is 2. The Morgan fingerprint density at radius 2 is 1.84 bits per heavy atom. The van der Waals surface area contributed by atoms with Gasteiger partial charge < -0.3 is 11.1 Å². The van der Waals surface area contributed by atoms with E-state index >= 15 is 0 Å². The fraction of sp³-hybridized carbons (Fsp3) is 0.474. The van der Waals surface area contributed by atoms with Gasteiger partial charge in [0, 0.05) is 23.3 Å². The molecule has 5 nitrogen and oxygen atoms in total. The molecule has 0 bridgehead atoms. The monoisotopic (exact) mass is 362 g/mol. The summed E-state index contributed by atoms with van der Waals surface area (Å²) in [4.78, 5) is 12.4. The second kappa shape index (κ2) is 8.50. The zero-order chi connectivity index (χ0) is 17.1. The first-order chi connectivity index (χ1) is 11.5. The molecule has 0 aliphatic heterocycles. The highest BCUT2D eigenvalue weighted by Crippen LogP contribution is 2.17. The smallest absolute Gasteiger partial charge is 0.251 e. The number of nitrogens with zero attached hydrogens (tertiary/aromatic N) is 2. The van der Waals surface area contributed by atoms with Gasteiger partial charge in [0.25, 0.3) is 5.91 Å². The summed E-state index contributed by atoms with van der Waals surface area (Å²) in [6.45, 7) is 4.77. The van der Waals surface area contributed by atoms with Crippen molar-refractivity contribution in [2.75, 3.05) is 0 Å². The molecule has 136 valence electrons. The molecule has 1 heterocycles. The van der Waals surface area contributed by atoms with Gasteiger partial charge in [-0.15, -0.1) is 12.4 Å². The summed E-state index contributed by atoms with van der Waals surface area (Å²) >= 11 is 0. The Labute approximate surface area is 155 Å². The van der Waals surface area contributed by atoms with Crippen LogP contribution < -0.4 is 11.1 Å². The largest absolute Gasteiger partial charge is 0.349 e. The summed E-state index contributed by atoms with van der Waals surface area (Å²) in [5, 5.41) is 7.60. The molecule has 1 fully saturated rings. The fourth-order valence-electron chi connectivity index (χ4n) is 3.30. The van der Waals surface area contributed by atoms with Crippen LogP contribution >= 0.6 is 12.4 Å². The second-order valence-corrected chi connectivity index (χ2v) is 6.87. The third-order valence-corrected chi connectivity index (χ3v) is 4.76. The van der Waals surface area contributed by atoms with E-state index in [0.717, 1.165) is 49.2 Å². The third kappa shape index (κ3) is 5.06. The molecule has 1 aromatic carbocycles. The van der Waals surface area contributed by atoms with E-state index in [0.29, 0.717) is 11.6 Å². The van der Waals surface area contributed by atoms with Gasteiger partial charge in [-0.05, 0) is 63.3 Å². The quantitative estimate of drug-likeness (QED) is 0.878. The number of hydrogen-bond acceptors (Lipinski definition) is 3. The molecule has 6 heteroatoms. The number of carbonyl (C=O) groups excluding carboxylic acids is 1. The summed E-state index contributed by atoms with van der Waals surface area (Å²) in [6, 6.07) is 10.4. The van der Waals surface area contributed by atoms with Crippen LogP contribution in [0.5, 0.6) is 0 Å². The van der Waals surface area contributed by atoms with Gasteiger partial charge in [0.15, 0.2) is 0 Å². The summed E-state index contributed by atoms with van der Waals surface area (Å²) in [7, 11) is 0. The number of nitrogens with two attached hydrogens (primary N) is 1. The average Bonchev–Trinajstić information content (AvgIpc) is 2.88. The van der Waals surface area contributed by atoms with Crippen LogP contribution in [-0.2, 0) is 6.54 Å². The molecule has 3 rings (SSSR count). The highest BCUT2D eigenvalue weighted by Gasteiger charge is 2.20. The lowest BCUT2D eigenvalue weighted by molar-refractivity contribution is 0.0926. The van der Waals surface area contributed by atoms with Crippen molar-refractivity contribution in [1.82, 2.24) is 15.1 Å². The lowest BCUT2D eigenvalue weighted by atomic mass is 9.91. The van der Waals surface area contributed by atoms with Crippen molar-refractivity contribution in [2.24, 2.45) is 5.73 Å². The fourth-order valence-corrected chi connectivity index (χ4v) is 3.30. The van der Waals surface area contributed by atoms with Crippen molar-refractivity contribution >= 4 is 18.3 Å². The topological polar surface area (TPSA) is 72.9 Å². The van der Waals surface area contributed by atoms with Crippen molar-refractivity contribution < 1.29 is 4.79 Å². The maximum atomic E-state index is 12.4. The first kappa shape index (κ1) is 19.5. The molecule has 0 atom stereocenters. The van der Waals surface area contributed by atoms with E-state index in [1.165, 1.54) is 0 Å². The third-order valence-electron chi connectivity index (χ3n) is 4.76. The molecule has 1 saturated carbocycles. The van der Waals surface area contributed by atoms with E-state index in [1.54, 1.807) is 0 Å². The Morgan fingerprint density at radius 1 is 1.20 bits per heavy atom. The lowest BCUT2D eigenvalue weighted by Gasteiger charge is -2.26. The predicted octanol–water partition coefficient (Wildman–Crippen LogP) is 2.97. The highest BCUT2D eigenvalue weighted by atomic mass is 35.5. The van der Waals surface area contributed by atoms with Crippen LogP contribution in [0.2, 0.25) is 0 Å². The number of aryl methyl sites for hydroxylation is 2. The minimum absolute atomic E-state index is 0. The first-order valence-electron chi connectivity index (χ1n) is 8.67. The predicted molar refractivity (Wildman–Crippen MR) is 102 cm³/mol. The summed E-state index contributed by atoms with van der Waals surface area (Å²) < 4.78 is 1.98. The molecule has 3 N–H and O–H groups in total. The van der Waals surface area contributed by atoms with E-state index in [9.17, 15) is 4.79 Å². The number of benzene rings is 1. The molecule has 1 aliphatic carbocycles. The zero-order valence-corrected chi connectivity index (χ0v) is 15.7. The van der Waals surface area contributed by atoms with Crippen molar-refractivity contribution in [3.8, 4) is 0 Å². The molecule has 0 spiro atoms. The second-order valence-electron chi connectivity index (χ2n) is 6.87. The first-order valence-corrected chi connectivity index (χ1v) is 8.67. The summed E-state index contributed by atoms with van der Waals surface area (Å²) in [5.74, 6) is 0.00753.